The van der Waals surface area contributed by atoms with Crippen LogP contribution in [0.5, 0.6) is 5.75 Å². The van der Waals surface area contributed by atoms with Gasteiger partial charge in [0.25, 0.3) is 0 Å². The van der Waals surface area contributed by atoms with E-state index in [0.717, 1.165) is 17.0 Å². The molecule has 0 aliphatic rings. The Bertz CT molecular complexity index is 523. The highest BCUT2D eigenvalue weighted by Crippen LogP contribution is 2.18. The molecule has 1 aromatic heterocycles. The normalized spacial score (nSPS) is 12.4. The summed E-state index contributed by atoms with van der Waals surface area (Å²) in [4.78, 5) is 0. The Morgan fingerprint density at radius 3 is 2.89 bits per heavy atom. The third kappa shape index (κ3) is 3.81. The smallest absolute Gasteiger partial charge is 0.162 e. The van der Waals surface area contributed by atoms with Crippen molar-refractivity contribution in [2.45, 2.75) is 26.2 Å². The third-order valence-corrected chi connectivity index (χ3v) is 2.66. The third-order valence-electron chi connectivity index (χ3n) is 2.66. The lowest BCUT2D eigenvalue weighted by Crippen LogP contribution is -2.05. The minimum absolute atomic E-state index is 0.0103. The van der Waals surface area contributed by atoms with Gasteiger partial charge in [-0.15, -0.1) is 0 Å². The highest BCUT2D eigenvalue weighted by atomic mass is 16.5. The molecular weight excluding hydrogens is 244 g/mol. The van der Waals surface area contributed by atoms with Crippen LogP contribution in [0.2, 0.25) is 0 Å². The van der Waals surface area contributed by atoms with E-state index in [4.69, 9.17) is 19.7 Å². The maximum Gasteiger partial charge on any atom is 0.162 e. The van der Waals surface area contributed by atoms with Crippen molar-refractivity contribution in [2.75, 3.05) is 7.11 Å². The number of hydrogen-bond donors (Lipinski definition) is 1. The number of rotatable bonds is 6. The zero-order valence-corrected chi connectivity index (χ0v) is 11.1. The van der Waals surface area contributed by atoms with Crippen LogP contribution in [0.25, 0.3) is 0 Å². The quantitative estimate of drug-likeness (QED) is 0.865. The molecule has 2 rings (SSSR count). The Balaban J connectivity index is 1.95. The van der Waals surface area contributed by atoms with Crippen LogP contribution in [-0.2, 0) is 18.0 Å². The summed E-state index contributed by atoms with van der Waals surface area (Å²) >= 11 is 0. The van der Waals surface area contributed by atoms with E-state index in [9.17, 15) is 0 Å². The molecule has 0 bridgehead atoms. The van der Waals surface area contributed by atoms with Gasteiger partial charge in [0.15, 0.2) is 5.76 Å². The fourth-order valence-corrected chi connectivity index (χ4v) is 1.68. The van der Waals surface area contributed by atoms with Crippen LogP contribution in [0.3, 0.4) is 0 Å². The van der Waals surface area contributed by atoms with Crippen LogP contribution in [-0.4, -0.2) is 12.3 Å². The lowest BCUT2D eigenvalue weighted by atomic mass is 10.1. The highest BCUT2D eigenvalue weighted by Gasteiger charge is 2.06. The molecule has 0 aliphatic carbocycles. The Kier molecular flexibility index (Phi) is 4.54. The SMILES string of the molecule is COCc1cc(COc2cccc([C@H](C)N)c2)no1. The fourth-order valence-electron chi connectivity index (χ4n) is 1.68. The van der Waals surface area contributed by atoms with Gasteiger partial charge in [0.05, 0.1) is 0 Å². The van der Waals surface area contributed by atoms with E-state index < -0.39 is 0 Å². The molecule has 0 radical (unpaired) electrons. The maximum atomic E-state index is 5.83. The molecule has 5 heteroatoms. The van der Waals surface area contributed by atoms with E-state index in [1.54, 1.807) is 7.11 Å². The van der Waals surface area contributed by atoms with Crippen molar-refractivity contribution < 1.29 is 14.0 Å². The van der Waals surface area contributed by atoms with E-state index in [1.165, 1.54) is 0 Å². The van der Waals surface area contributed by atoms with Crippen LogP contribution in [0.1, 0.15) is 30.0 Å². The zero-order chi connectivity index (χ0) is 13.7. The molecule has 0 saturated heterocycles. The van der Waals surface area contributed by atoms with Crippen molar-refractivity contribution in [2.24, 2.45) is 5.73 Å². The molecule has 0 spiro atoms. The summed E-state index contributed by atoms with van der Waals surface area (Å²) in [6, 6.07) is 9.53. The first kappa shape index (κ1) is 13.6. The molecule has 0 saturated carbocycles. The van der Waals surface area contributed by atoms with Crippen molar-refractivity contribution in [3.8, 4) is 5.75 Å². The zero-order valence-electron chi connectivity index (χ0n) is 11.1. The molecule has 1 atom stereocenters. The van der Waals surface area contributed by atoms with E-state index in [-0.39, 0.29) is 6.04 Å². The van der Waals surface area contributed by atoms with E-state index >= 15 is 0 Å². The molecule has 19 heavy (non-hydrogen) atoms. The number of hydrogen-bond acceptors (Lipinski definition) is 5. The lowest BCUT2D eigenvalue weighted by Gasteiger charge is -2.08. The number of methoxy groups -OCH3 is 1. The van der Waals surface area contributed by atoms with Gasteiger partial charge in [0, 0.05) is 19.2 Å². The summed E-state index contributed by atoms with van der Waals surface area (Å²) in [7, 11) is 1.61. The number of aromatic nitrogens is 1. The van der Waals surface area contributed by atoms with E-state index in [1.807, 2.05) is 37.3 Å². The average Bonchev–Trinajstić information content (AvgIpc) is 2.85. The Morgan fingerprint density at radius 1 is 1.32 bits per heavy atom. The predicted octanol–water partition coefficient (Wildman–Crippen LogP) is 2.42. The topological polar surface area (TPSA) is 70.5 Å². The van der Waals surface area contributed by atoms with Gasteiger partial charge in [-0.1, -0.05) is 17.3 Å². The van der Waals surface area contributed by atoms with Crippen molar-refractivity contribution in [1.29, 1.82) is 0 Å². The second kappa shape index (κ2) is 6.36. The molecule has 0 amide bonds. The minimum atomic E-state index is -0.0103. The largest absolute Gasteiger partial charge is 0.487 e. The summed E-state index contributed by atoms with van der Waals surface area (Å²) in [5.74, 6) is 1.46. The Morgan fingerprint density at radius 2 is 2.16 bits per heavy atom. The summed E-state index contributed by atoms with van der Waals surface area (Å²) in [6.45, 7) is 2.70. The molecule has 1 heterocycles. The number of nitrogens with zero attached hydrogens (tertiary/aromatic N) is 1. The van der Waals surface area contributed by atoms with Gasteiger partial charge in [0.2, 0.25) is 0 Å². The Hall–Kier alpha value is -1.85. The molecule has 1 aromatic carbocycles. The van der Waals surface area contributed by atoms with Crippen molar-refractivity contribution in [3.63, 3.8) is 0 Å². The molecule has 0 fully saturated rings. The summed E-state index contributed by atoms with van der Waals surface area (Å²) in [6.07, 6.45) is 0. The maximum absolute atomic E-state index is 5.83. The second-order valence-electron chi connectivity index (χ2n) is 4.37. The van der Waals surface area contributed by atoms with Crippen LogP contribution < -0.4 is 10.5 Å². The molecule has 0 unspecified atom stereocenters. The van der Waals surface area contributed by atoms with Gasteiger partial charge >= 0.3 is 0 Å². The van der Waals surface area contributed by atoms with Crippen molar-refractivity contribution in [3.05, 3.63) is 47.3 Å². The van der Waals surface area contributed by atoms with Gasteiger partial charge in [-0.2, -0.15) is 0 Å². The van der Waals surface area contributed by atoms with E-state index in [0.29, 0.717) is 19.0 Å². The van der Waals surface area contributed by atoms with E-state index in [2.05, 4.69) is 5.16 Å². The first-order valence-electron chi connectivity index (χ1n) is 6.11. The van der Waals surface area contributed by atoms with Crippen LogP contribution in [0.4, 0.5) is 0 Å². The Labute approximate surface area is 112 Å². The van der Waals surface area contributed by atoms with Gasteiger partial charge in [0.1, 0.15) is 24.7 Å². The van der Waals surface area contributed by atoms with Crippen LogP contribution in [0.15, 0.2) is 34.9 Å². The van der Waals surface area contributed by atoms with Gasteiger partial charge < -0.3 is 19.7 Å². The molecule has 2 aromatic rings. The van der Waals surface area contributed by atoms with Gasteiger partial charge in [-0.3, -0.25) is 0 Å². The fraction of sp³-hybridized carbons (Fsp3) is 0.357. The molecule has 102 valence electrons. The number of ether oxygens (including phenoxy) is 2. The van der Waals surface area contributed by atoms with Gasteiger partial charge in [-0.05, 0) is 24.6 Å². The van der Waals surface area contributed by atoms with Crippen LogP contribution in [0, 0.1) is 0 Å². The lowest BCUT2D eigenvalue weighted by molar-refractivity contribution is 0.155. The molecular formula is C14H18N2O3. The predicted molar refractivity (Wildman–Crippen MR) is 70.6 cm³/mol. The van der Waals surface area contributed by atoms with Crippen LogP contribution >= 0.6 is 0 Å². The molecule has 2 N–H and O–H groups in total. The first-order valence-corrected chi connectivity index (χ1v) is 6.11. The molecule has 0 aliphatic heterocycles. The average molecular weight is 262 g/mol. The monoisotopic (exact) mass is 262 g/mol. The standard InChI is InChI=1S/C14H18N2O3/c1-10(15)11-4-3-5-13(6-11)18-8-12-7-14(9-17-2)19-16-12/h3-7,10H,8-9,15H2,1-2H3/t10-/m0/s1. The second-order valence-corrected chi connectivity index (χ2v) is 4.37. The summed E-state index contributed by atoms with van der Waals surface area (Å²) < 4.78 is 15.7. The minimum Gasteiger partial charge on any atom is -0.487 e. The molecule has 5 nitrogen and oxygen atoms in total. The highest BCUT2D eigenvalue weighted by molar-refractivity contribution is 5.30. The van der Waals surface area contributed by atoms with Crippen molar-refractivity contribution in [1.82, 2.24) is 5.16 Å². The first-order chi connectivity index (χ1) is 9.19. The summed E-state index contributed by atoms with van der Waals surface area (Å²) in [5.41, 5.74) is 7.60. The van der Waals surface area contributed by atoms with Crippen molar-refractivity contribution >= 4 is 0 Å². The number of benzene rings is 1. The summed E-state index contributed by atoms with van der Waals surface area (Å²) in [5, 5.41) is 3.90. The number of nitrogens with two attached hydrogens (primary N) is 1. The van der Waals surface area contributed by atoms with Gasteiger partial charge in [-0.25, -0.2) is 0 Å².